The van der Waals surface area contributed by atoms with E-state index in [0.717, 1.165) is 27.3 Å². The largest absolute Gasteiger partial charge is 0.325 e. The molecule has 0 radical (unpaired) electrons. The molecule has 4 rings (SSSR count). The lowest BCUT2D eigenvalue weighted by molar-refractivity contribution is -0.113. The average molecular weight is 470 g/mol. The molecule has 0 saturated heterocycles. The molecule has 0 saturated carbocycles. The maximum atomic E-state index is 14.5. The Bertz CT molecular complexity index is 1380. The van der Waals surface area contributed by atoms with E-state index >= 15 is 0 Å². The Kier molecular flexibility index (Phi) is 6.57. The highest BCUT2D eigenvalue weighted by Crippen LogP contribution is 2.24. The van der Waals surface area contributed by atoms with E-state index in [4.69, 9.17) is 0 Å². The van der Waals surface area contributed by atoms with Gasteiger partial charge in [0.05, 0.1) is 22.3 Å². The monoisotopic (exact) mass is 469 g/mol. The zero-order valence-corrected chi connectivity index (χ0v) is 18.5. The molecular weight excluding hydrogens is 452 g/mol. The zero-order valence-electron chi connectivity index (χ0n) is 16.8. The van der Waals surface area contributed by atoms with Gasteiger partial charge in [-0.1, -0.05) is 30.0 Å². The normalized spacial score (nSPS) is 11.0. The van der Waals surface area contributed by atoms with Gasteiger partial charge >= 0.3 is 0 Å². The summed E-state index contributed by atoms with van der Waals surface area (Å²) in [7, 11) is 0. The van der Waals surface area contributed by atoms with E-state index in [0.29, 0.717) is 22.7 Å². The molecule has 3 aromatic carbocycles. The fourth-order valence-electron chi connectivity index (χ4n) is 3.11. The van der Waals surface area contributed by atoms with Crippen LogP contribution in [-0.2, 0) is 4.79 Å². The van der Waals surface area contributed by atoms with Crippen molar-refractivity contribution in [2.24, 2.45) is 0 Å². The number of aromatic nitrogens is 2. The first kappa shape index (κ1) is 22.0. The summed E-state index contributed by atoms with van der Waals surface area (Å²) in [5.41, 5.74) is 0.435. The van der Waals surface area contributed by atoms with Gasteiger partial charge in [0.1, 0.15) is 11.6 Å². The van der Waals surface area contributed by atoms with Crippen LogP contribution in [0.15, 0.2) is 81.6 Å². The molecule has 0 aliphatic carbocycles. The van der Waals surface area contributed by atoms with Gasteiger partial charge in [-0.2, -0.15) is 0 Å². The van der Waals surface area contributed by atoms with Crippen LogP contribution in [0.25, 0.3) is 16.6 Å². The van der Waals surface area contributed by atoms with Gasteiger partial charge in [-0.15, -0.1) is 11.8 Å². The van der Waals surface area contributed by atoms with Gasteiger partial charge in [-0.05, 0) is 48.7 Å². The van der Waals surface area contributed by atoms with Crippen LogP contribution >= 0.6 is 23.5 Å². The number of fused-ring (bicyclic) bond motifs is 1. The molecule has 0 aliphatic rings. The molecule has 1 heterocycles. The lowest BCUT2D eigenvalue weighted by Gasteiger charge is -2.14. The van der Waals surface area contributed by atoms with Crippen molar-refractivity contribution in [1.29, 1.82) is 0 Å². The molecule has 1 N–H and O–H groups in total. The molecule has 0 atom stereocenters. The van der Waals surface area contributed by atoms with Crippen molar-refractivity contribution < 1.29 is 13.6 Å². The standard InChI is InChI=1S/C23H17F2N3O2S2/c1-31-16-6-4-5-15(12-16)26-21(29)13-32-23-27-19-8-3-2-7-17(19)22(30)28(23)20-10-9-14(24)11-18(20)25/h2-12H,13H2,1H3,(H,26,29). The number of hydrogen-bond donors (Lipinski definition) is 1. The Morgan fingerprint density at radius 3 is 2.66 bits per heavy atom. The summed E-state index contributed by atoms with van der Waals surface area (Å²) >= 11 is 2.55. The number of carbonyl (C=O) groups excluding carboxylic acids is 1. The topological polar surface area (TPSA) is 64.0 Å². The van der Waals surface area contributed by atoms with Crippen molar-refractivity contribution in [1.82, 2.24) is 9.55 Å². The van der Waals surface area contributed by atoms with Gasteiger partial charge in [-0.25, -0.2) is 13.8 Å². The summed E-state index contributed by atoms with van der Waals surface area (Å²) in [6.45, 7) is 0. The Morgan fingerprint density at radius 1 is 1.06 bits per heavy atom. The molecule has 0 spiro atoms. The molecule has 0 unspecified atom stereocenters. The fourth-order valence-corrected chi connectivity index (χ4v) is 4.38. The highest BCUT2D eigenvalue weighted by atomic mass is 32.2. The average Bonchev–Trinajstić information content (AvgIpc) is 2.79. The minimum Gasteiger partial charge on any atom is -0.325 e. The molecule has 162 valence electrons. The first-order valence-electron chi connectivity index (χ1n) is 9.50. The van der Waals surface area contributed by atoms with Gasteiger partial charge in [0.15, 0.2) is 5.16 Å². The molecule has 9 heteroatoms. The quantitative estimate of drug-likeness (QED) is 0.314. The second-order valence-electron chi connectivity index (χ2n) is 6.72. The highest BCUT2D eigenvalue weighted by Gasteiger charge is 2.17. The fraction of sp³-hybridized carbons (Fsp3) is 0.0870. The Labute approximate surface area is 190 Å². The molecule has 1 amide bonds. The predicted octanol–water partition coefficient (Wildman–Crippen LogP) is 5.12. The van der Waals surface area contributed by atoms with E-state index < -0.39 is 17.2 Å². The molecule has 4 aromatic rings. The number of anilines is 1. The summed E-state index contributed by atoms with van der Waals surface area (Å²) < 4.78 is 29.0. The van der Waals surface area contributed by atoms with Gasteiger partial charge in [-0.3, -0.25) is 14.2 Å². The van der Waals surface area contributed by atoms with Crippen LogP contribution < -0.4 is 10.9 Å². The molecule has 5 nitrogen and oxygen atoms in total. The summed E-state index contributed by atoms with van der Waals surface area (Å²) in [6.07, 6.45) is 1.94. The summed E-state index contributed by atoms with van der Waals surface area (Å²) in [4.78, 5) is 31.1. The van der Waals surface area contributed by atoms with E-state index in [-0.39, 0.29) is 22.5 Å². The van der Waals surface area contributed by atoms with Crippen molar-refractivity contribution in [3.05, 3.63) is 88.7 Å². The van der Waals surface area contributed by atoms with Crippen molar-refractivity contribution in [2.75, 3.05) is 17.3 Å². The number of halogens is 2. The molecule has 0 bridgehead atoms. The molecule has 0 aliphatic heterocycles. The van der Waals surface area contributed by atoms with Crippen molar-refractivity contribution >= 4 is 46.0 Å². The van der Waals surface area contributed by atoms with Gasteiger partial charge in [0.25, 0.3) is 5.56 Å². The Hall–Kier alpha value is -3.17. The van der Waals surface area contributed by atoms with E-state index in [1.54, 1.807) is 42.1 Å². The third kappa shape index (κ3) is 4.68. The van der Waals surface area contributed by atoms with Crippen LogP contribution in [0.5, 0.6) is 0 Å². The molecular formula is C23H17F2N3O2S2. The van der Waals surface area contributed by atoms with E-state index in [2.05, 4.69) is 10.3 Å². The van der Waals surface area contributed by atoms with Gasteiger partial charge in [0.2, 0.25) is 5.91 Å². The maximum absolute atomic E-state index is 14.5. The Balaban J connectivity index is 1.68. The summed E-state index contributed by atoms with van der Waals surface area (Å²) in [5, 5.41) is 3.23. The SMILES string of the molecule is CSc1cccc(NC(=O)CSc2nc3ccccc3c(=O)n2-c2ccc(F)cc2F)c1. The number of nitrogens with one attached hydrogen (secondary N) is 1. The second-order valence-corrected chi connectivity index (χ2v) is 8.54. The lowest BCUT2D eigenvalue weighted by atomic mass is 10.2. The molecule has 1 aromatic heterocycles. The number of para-hydroxylation sites is 1. The predicted molar refractivity (Wildman–Crippen MR) is 125 cm³/mol. The molecule has 0 fully saturated rings. The second kappa shape index (κ2) is 9.54. The van der Waals surface area contributed by atoms with E-state index in [1.165, 1.54) is 6.07 Å². The number of hydrogen-bond acceptors (Lipinski definition) is 5. The van der Waals surface area contributed by atoms with Crippen LogP contribution in [0.2, 0.25) is 0 Å². The number of thioether (sulfide) groups is 2. The number of nitrogens with zero attached hydrogens (tertiary/aromatic N) is 2. The third-order valence-electron chi connectivity index (χ3n) is 4.58. The van der Waals surface area contributed by atoms with Crippen molar-refractivity contribution in [3.8, 4) is 5.69 Å². The summed E-state index contributed by atoms with van der Waals surface area (Å²) in [5.74, 6) is -2.02. The number of benzene rings is 3. The Morgan fingerprint density at radius 2 is 1.88 bits per heavy atom. The van der Waals surface area contributed by atoms with Crippen molar-refractivity contribution in [3.63, 3.8) is 0 Å². The molecule has 32 heavy (non-hydrogen) atoms. The van der Waals surface area contributed by atoms with E-state index in [9.17, 15) is 18.4 Å². The highest BCUT2D eigenvalue weighted by molar-refractivity contribution is 7.99. The number of amides is 1. The zero-order chi connectivity index (χ0) is 22.7. The van der Waals surface area contributed by atoms with Crippen LogP contribution in [0.4, 0.5) is 14.5 Å². The van der Waals surface area contributed by atoms with Crippen LogP contribution in [0, 0.1) is 11.6 Å². The van der Waals surface area contributed by atoms with Gasteiger partial charge < -0.3 is 5.32 Å². The van der Waals surface area contributed by atoms with Crippen molar-refractivity contribution in [2.45, 2.75) is 10.1 Å². The first-order chi connectivity index (χ1) is 15.5. The van der Waals surface area contributed by atoms with Crippen LogP contribution in [-0.4, -0.2) is 27.5 Å². The number of rotatable bonds is 6. The lowest BCUT2D eigenvalue weighted by Crippen LogP contribution is -2.23. The first-order valence-corrected chi connectivity index (χ1v) is 11.7. The van der Waals surface area contributed by atoms with Crippen LogP contribution in [0.3, 0.4) is 0 Å². The maximum Gasteiger partial charge on any atom is 0.266 e. The third-order valence-corrected chi connectivity index (χ3v) is 6.25. The van der Waals surface area contributed by atoms with Gasteiger partial charge in [0, 0.05) is 16.6 Å². The minimum atomic E-state index is -0.899. The minimum absolute atomic E-state index is 0.0584. The number of carbonyl (C=O) groups is 1. The van der Waals surface area contributed by atoms with E-state index in [1.807, 2.05) is 24.5 Å². The van der Waals surface area contributed by atoms with Crippen LogP contribution in [0.1, 0.15) is 0 Å². The smallest absolute Gasteiger partial charge is 0.266 e. The summed E-state index contributed by atoms with van der Waals surface area (Å²) in [6, 6.07) is 17.0.